The molecule has 0 aromatic heterocycles. The first-order chi connectivity index (χ1) is 20.1. The van der Waals surface area contributed by atoms with E-state index in [1.54, 1.807) is 14.2 Å². The van der Waals surface area contributed by atoms with Crippen LogP contribution in [0.15, 0.2) is 11.8 Å². The average molecular weight is 631 g/mol. The normalized spacial score (nSPS) is 32.5. The topological polar surface area (TPSA) is 111 Å². The Balaban J connectivity index is 1.63. The van der Waals surface area contributed by atoms with Crippen LogP contribution >= 0.6 is 0 Å². The first-order valence-corrected chi connectivity index (χ1v) is 18.8. The van der Waals surface area contributed by atoms with Crippen LogP contribution in [0.5, 0.6) is 0 Å². The molecule has 3 aliphatic rings. The highest BCUT2D eigenvalue weighted by Crippen LogP contribution is 2.43. The largest absolute Gasteiger partial charge is 0.481 e. The minimum Gasteiger partial charge on any atom is -0.481 e. The van der Waals surface area contributed by atoms with Gasteiger partial charge >= 0.3 is 0 Å². The standard InChI is InChI=1S/C32H58O10Si/c1-30(2,3)43(8,9)39-20-23(33)19-24(34)25-12-13-29-32(5,42-25)17-15-27-26(41-29)14-16-31(4,38-22-36-7)28(40-27)11-10-18-37-21-35-6/h12,23,26-29,33H,10-11,13-22H2,1-9H3/t23-,26+,27-,28+,29-,31-,32+/m0/s1. The molecule has 0 aromatic carbocycles. The summed E-state index contributed by atoms with van der Waals surface area (Å²) in [6.45, 7) is 16.0. The van der Waals surface area contributed by atoms with Gasteiger partial charge in [-0.3, -0.25) is 4.79 Å². The Morgan fingerprint density at radius 2 is 1.77 bits per heavy atom. The maximum Gasteiger partial charge on any atom is 0.199 e. The van der Waals surface area contributed by atoms with Crippen molar-refractivity contribution >= 4 is 14.1 Å². The summed E-state index contributed by atoms with van der Waals surface area (Å²) in [5, 5.41) is 10.7. The van der Waals surface area contributed by atoms with Crippen LogP contribution in [0, 0.1) is 0 Å². The first-order valence-electron chi connectivity index (χ1n) is 15.9. The number of aliphatic hydroxyl groups excluding tert-OH is 1. The van der Waals surface area contributed by atoms with Gasteiger partial charge in [0.2, 0.25) is 0 Å². The summed E-state index contributed by atoms with van der Waals surface area (Å²) in [5.74, 6) is 0.105. The van der Waals surface area contributed by atoms with E-state index in [2.05, 4.69) is 40.8 Å². The zero-order chi connectivity index (χ0) is 31.9. The molecule has 2 fully saturated rings. The van der Waals surface area contributed by atoms with Gasteiger partial charge < -0.3 is 42.7 Å². The number of rotatable bonds is 15. The van der Waals surface area contributed by atoms with Crippen molar-refractivity contribution in [2.24, 2.45) is 0 Å². The molecule has 3 heterocycles. The van der Waals surface area contributed by atoms with E-state index in [0.717, 1.165) is 32.1 Å². The molecule has 7 atom stereocenters. The van der Waals surface area contributed by atoms with Gasteiger partial charge in [-0.1, -0.05) is 20.8 Å². The number of carbonyl (C=O) groups excluding carboxylic acids is 1. The fourth-order valence-corrected chi connectivity index (χ4v) is 6.85. The van der Waals surface area contributed by atoms with Gasteiger partial charge in [0.25, 0.3) is 0 Å². The second-order valence-electron chi connectivity index (χ2n) is 14.3. The molecule has 0 saturated carbocycles. The molecular weight excluding hydrogens is 572 g/mol. The van der Waals surface area contributed by atoms with Crippen LogP contribution in [0.4, 0.5) is 0 Å². The Morgan fingerprint density at radius 1 is 1.09 bits per heavy atom. The van der Waals surface area contributed by atoms with Crippen LogP contribution < -0.4 is 0 Å². The number of hydrogen-bond acceptors (Lipinski definition) is 10. The number of ketones is 1. The van der Waals surface area contributed by atoms with E-state index < -0.39 is 25.6 Å². The van der Waals surface area contributed by atoms with E-state index in [0.29, 0.717) is 25.2 Å². The van der Waals surface area contributed by atoms with Gasteiger partial charge in [-0.25, -0.2) is 0 Å². The Kier molecular flexibility index (Phi) is 13.3. The van der Waals surface area contributed by atoms with E-state index in [1.165, 1.54) is 0 Å². The highest BCUT2D eigenvalue weighted by molar-refractivity contribution is 6.74. The van der Waals surface area contributed by atoms with Crippen LogP contribution in [-0.4, -0.2) is 102 Å². The molecule has 0 aliphatic carbocycles. The van der Waals surface area contributed by atoms with Crippen molar-refractivity contribution in [2.45, 2.75) is 146 Å². The number of aliphatic hydroxyl groups is 1. The third-order valence-corrected chi connectivity index (χ3v) is 14.3. The van der Waals surface area contributed by atoms with Crippen LogP contribution in [0.25, 0.3) is 0 Å². The lowest BCUT2D eigenvalue weighted by Crippen LogP contribution is -2.47. The second-order valence-corrected chi connectivity index (χ2v) is 19.1. The number of fused-ring (bicyclic) bond motifs is 2. The van der Waals surface area contributed by atoms with Crippen LogP contribution in [0.1, 0.15) is 86.0 Å². The molecule has 0 spiro atoms. The summed E-state index contributed by atoms with van der Waals surface area (Å²) < 4.78 is 48.0. The fourth-order valence-electron chi connectivity index (χ4n) is 5.81. The molecule has 11 heteroatoms. The molecule has 10 nitrogen and oxygen atoms in total. The van der Waals surface area contributed by atoms with Gasteiger partial charge in [-0.2, -0.15) is 0 Å². The highest BCUT2D eigenvalue weighted by atomic mass is 28.4. The summed E-state index contributed by atoms with van der Waals surface area (Å²) >= 11 is 0. The van der Waals surface area contributed by atoms with Crippen LogP contribution in [0.3, 0.4) is 0 Å². The number of ether oxygens (including phenoxy) is 7. The zero-order valence-corrected chi connectivity index (χ0v) is 29.1. The number of hydrogen-bond donors (Lipinski definition) is 1. The number of allylic oxidation sites excluding steroid dienone is 1. The summed E-state index contributed by atoms with van der Waals surface area (Å²) in [7, 11) is 1.22. The molecule has 0 amide bonds. The smallest absolute Gasteiger partial charge is 0.199 e. The fraction of sp³-hybridized carbons (Fsp3) is 0.906. The van der Waals surface area contributed by atoms with Crippen LogP contribution in [-0.2, 0) is 42.4 Å². The molecule has 250 valence electrons. The SMILES string of the molecule is COCOCCC[C@H]1O[C@H]2CC[C@@]3(C)OC(C(=O)C[C@H](O)CO[Si](C)(C)C(C)(C)C)=CC[C@@H]3O[C@@H]2CC[C@]1(C)OCOC. The van der Waals surface area contributed by atoms with Crippen molar-refractivity contribution in [1.82, 2.24) is 0 Å². The van der Waals surface area contributed by atoms with E-state index >= 15 is 0 Å². The van der Waals surface area contributed by atoms with Crippen molar-refractivity contribution < 1.29 is 47.5 Å². The van der Waals surface area contributed by atoms with E-state index in [4.69, 9.17) is 37.6 Å². The summed E-state index contributed by atoms with van der Waals surface area (Å²) in [5.41, 5.74) is -1.19. The van der Waals surface area contributed by atoms with Gasteiger partial charge in [-0.15, -0.1) is 0 Å². The Hall–Kier alpha value is -0.893. The Bertz CT molecular complexity index is 920. The Labute approximate surface area is 260 Å². The minimum absolute atomic E-state index is 0.0306. The summed E-state index contributed by atoms with van der Waals surface area (Å²) in [4.78, 5) is 13.2. The molecule has 1 N–H and O–H groups in total. The molecular formula is C32H58O10Si. The van der Waals surface area contributed by atoms with Crippen molar-refractivity contribution in [3.8, 4) is 0 Å². The molecule has 3 aliphatic heterocycles. The zero-order valence-electron chi connectivity index (χ0n) is 28.1. The molecule has 3 rings (SSSR count). The van der Waals surface area contributed by atoms with Crippen LogP contribution in [0.2, 0.25) is 18.1 Å². The van der Waals surface area contributed by atoms with Gasteiger partial charge in [0.15, 0.2) is 19.9 Å². The number of Topliss-reactive ketones (excluding diaryl/α,β-unsaturated/α-hetero) is 1. The van der Waals surface area contributed by atoms with Gasteiger partial charge in [-0.05, 0) is 83.0 Å². The monoisotopic (exact) mass is 630 g/mol. The lowest BCUT2D eigenvalue weighted by Gasteiger charge is -2.40. The predicted octanol–water partition coefficient (Wildman–Crippen LogP) is 5.27. The lowest BCUT2D eigenvalue weighted by molar-refractivity contribution is -0.196. The number of methoxy groups -OCH3 is 2. The van der Waals surface area contributed by atoms with Gasteiger partial charge in [0, 0.05) is 27.2 Å². The average Bonchev–Trinajstić information content (AvgIpc) is 3.16. The molecule has 43 heavy (non-hydrogen) atoms. The summed E-state index contributed by atoms with van der Waals surface area (Å²) in [6, 6.07) is 0. The molecule has 0 unspecified atom stereocenters. The third-order valence-electron chi connectivity index (χ3n) is 9.77. The molecule has 0 radical (unpaired) electrons. The highest BCUT2D eigenvalue weighted by Gasteiger charge is 2.50. The van der Waals surface area contributed by atoms with Crippen molar-refractivity contribution in [3.05, 3.63) is 11.8 Å². The lowest BCUT2D eigenvalue weighted by atomic mass is 9.88. The molecule has 0 aromatic rings. The maximum atomic E-state index is 13.2. The van der Waals surface area contributed by atoms with E-state index in [-0.39, 0.29) is 61.9 Å². The Morgan fingerprint density at radius 3 is 2.44 bits per heavy atom. The van der Waals surface area contributed by atoms with Crippen molar-refractivity contribution in [1.29, 1.82) is 0 Å². The second kappa shape index (κ2) is 15.6. The van der Waals surface area contributed by atoms with Crippen molar-refractivity contribution in [3.63, 3.8) is 0 Å². The predicted molar refractivity (Wildman–Crippen MR) is 165 cm³/mol. The van der Waals surface area contributed by atoms with Crippen molar-refractivity contribution in [2.75, 3.05) is 41.0 Å². The maximum absolute atomic E-state index is 13.2. The van der Waals surface area contributed by atoms with Gasteiger partial charge in [0.1, 0.15) is 25.3 Å². The minimum atomic E-state index is -2.02. The molecule has 2 saturated heterocycles. The summed E-state index contributed by atoms with van der Waals surface area (Å²) in [6.07, 6.45) is 5.40. The van der Waals surface area contributed by atoms with E-state index in [9.17, 15) is 9.90 Å². The number of carbonyl (C=O) groups is 1. The van der Waals surface area contributed by atoms with E-state index in [1.807, 2.05) is 13.0 Å². The molecule has 0 bridgehead atoms. The van der Waals surface area contributed by atoms with Gasteiger partial charge in [0.05, 0.1) is 36.6 Å². The quantitative estimate of drug-likeness (QED) is 0.146. The first kappa shape index (κ1) is 36.6. The third kappa shape index (κ3) is 9.80.